The summed E-state index contributed by atoms with van der Waals surface area (Å²) in [5.74, 6) is 1.09. The fourth-order valence-electron chi connectivity index (χ4n) is 4.62. The highest BCUT2D eigenvalue weighted by Crippen LogP contribution is 2.35. The molecule has 1 unspecified atom stereocenters. The van der Waals surface area contributed by atoms with Gasteiger partial charge in [0.2, 0.25) is 0 Å². The van der Waals surface area contributed by atoms with E-state index >= 15 is 0 Å². The molecular formula is C29H25N3O8S. The molecular weight excluding hydrogens is 550 g/mol. The van der Waals surface area contributed by atoms with E-state index in [4.69, 9.17) is 18.6 Å². The number of carbonyl (C=O) groups excluding carboxylic acids is 1. The molecule has 41 heavy (non-hydrogen) atoms. The highest BCUT2D eigenvalue weighted by Gasteiger charge is 2.33. The van der Waals surface area contributed by atoms with Crippen LogP contribution in [-0.4, -0.2) is 36.3 Å². The Bertz CT molecular complexity index is 1880. The molecule has 0 aliphatic carbocycles. The van der Waals surface area contributed by atoms with Crippen LogP contribution in [0.25, 0.3) is 17.4 Å². The van der Waals surface area contributed by atoms with Gasteiger partial charge in [-0.15, -0.1) is 0 Å². The van der Waals surface area contributed by atoms with Crippen molar-refractivity contribution < 1.29 is 28.3 Å². The molecule has 2 aromatic carbocycles. The van der Waals surface area contributed by atoms with E-state index < -0.39 is 16.9 Å². The smallest absolute Gasteiger partial charge is 0.338 e. The van der Waals surface area contributed by atoms with Crippen molar-refractivity contribution in [2.24, 2.45) is 4.99 Å². The van der Waals surface area contributed by atoms with Crippen LogP contribution in [-0.2, 0) is 9.53 Å². The molecule has 0 fully saturated rings. The number of esters is 1. The average Bonchev–Trinajstić information content (AvgIpc) is 3.56. The summed E-state index contributed by atoms with van der Waals surface area (Å²) in [5.41, 5.74) is 1.28. The van der Waals surface area contributed by atoms with Crippen molar-refractivity contribution in [3.63, 3.8) is 0 Å². The summed E-state index contributed by atoms with van der Waals surface area (Å²) < 4.78 is 23.8. The van der Waals surface area contributed by atoms with E-state index in [0.717, 1.165) is 11.3 Å². The Labute approximate surface area is 237 Å². The van der Waals surface area contributed by atoms with E-state index in [9.17, 15) is 19.7 Å². The largest absolute Gasteiger partial charge is 0.497 e. The number of nitro groups is 1. The highest BCUT2D eigenvalue weighted by molar-refractivity contribution is 7.07. The first kappa shape index (κ1) is 27.6. The first-order chi connectivity index (χ1) is 19.7. The molecule has 5 rings (SSSR count). The van der Waals surface area contributed by atoms with Crippen LogP contribution in [0.5, 0.6) is 11.5 Å². The van der Waals surface area contributed by atoms with Crippen molar-refractivity contribution >= 4 is 29.1 Å². The van der Waals surface area contributed by atoms with Crippen LogP contribution in [0, 0.1) is 10.1 Å². The second-order valence-electron chi connectivity index (χ2n) is 8.92. The van der Waals surface area contributed by atoms with Gasteiger partial charge in [-0.05, 0) is 49.7 Å². The van der Waals surface area contributed by atoms with Crippen LogP contribution in [0.4, 0.5) is 5.69 Å². The number of carbonyl (C=O) groups is 1. The maximum absolute atomic E-state index is 13.8. The van der Waals surface area contributed by atoms with Crippen LogP contribution < -0.4 is 24.4 Å². The lowest BCUT2D eigenvalue weighted by Crippen LogP contribution is -2.39. The fourth-order valence-corrected chi connectivity index (χ4v) is 5.65. The molecule has 1 aliphatic heterocycles. The van der Waals surface area contributed by atoms with E-state index in [0.29, 0.717) is 49.2 Å². The Hall–Kier alpha value is -4.97. The van der Waals surface area contributed by atoms with Gasteiger partial charge in [-0.1, -0.05) is 23.5 Å². The third-order valence-corrected chi connectivity index (χ3v) is 7.47. The number of non-ortho nitro benzene ring substituents is 1. The number of hydrogen-bond donors (Lipinski definition) is 0. The molecule has 11 nitrogen and oxygen atoms in total. The van der Waals surface area contributed by atoms with Crippen molar-refractivity contribution in [3.05, 3.63) is 107 Å². The second kappa shape index (κ2) is 11.3. The molecule has 0 radical (unpaired) electrons. The molecule has 2 aromatic heterocycles. The minimum absolute atomic E-state index is 0.114. The monoisotopic (exact) mass is 575 g/mol. The zero-order chi connectivity index (χ0) is 29.3. The van der Waals surface area contributed by atoms with Crippen molar-refractivity contribution in [2.75, 3.05) is 20.8 Å². The van der Waals surface area contributed by atoms with E-state index in [1.807, 2.05) is 6.07 Å². The van der Waals surface area contributed by atoms with Gasteiger partial charge in [0, 0.05) is 18.2 Å². The maximum atomic E-state index is 13.8. The van der Waals surface area contributed by atoms with Gasteiger partial charge in [0.1, 0.15) is 23.0 Å². The van der Waals surface area contributed by atoms with Gasteiger partial charge in [0.05, 0.1) is 53.2 Å². The summed E-state index contributed by atoms with van der Waals surface area (Å²) in [4.78, 5) is 42.7. The van der Waals surface area contributed by atoms with Gasteiger partial charge >= 0.3 is 5.97 Å². The summed E-state index contributed by atoms with van der Waals surface area (Å²) in [6.07, 6.45) is 1.57. The molecule has 1 aliphatic rings. The number of furan rings is 1. The lowest BCUT2D eigenvalue weighted by molar-refractivity contribution is -0.384. The first-order valence-corrected chi connectivity index (χ1v) is 13.3. The summed E-state index contributed by atoms with van der Waals surface area (Å²) in [5, 5.41) is 11.3. The fraction of sp³-hybridized carbons (Fsp3) is 0.207. The highest BCUT2D eigenvalue weighted by atomic mass is 32.1. The number of aromatic nitrogens is 1. The number of fused-ring (bicyclic) bond motifs is 1. The Morgan fingerprint density at radius 1 is 1.17 bits per heavy atom. The molecule has 0 saturated heterocycles. The number of hydrogen-bond acceptors (Lipinski definition) is 10. The number of methoxy groups -OCH3 is 2. The molecule has 0 spiro atoms. The standard InChI is InChI=1S/C29H25N3O8S/c1-5-39-28(34)25-16(2)30-29-31(26(25)17-7-6-8-19(13-17)37-3)27(33)24(41-29)15-20-10-12-23(40-20)21-14-18(32(35)36)9-11-22(21)38-4/h6-15,26H,5H2,1-4H3. The summed E-state index contributed by atoms with van der Waals surface area (Å²) >= 11 is 1.15. The van der Waals surface area contributed by atoms with Crippen molar-refractivity contribution in [2.45, 2.75) is 19.9 Å². The van der Waals surface area contributed by atoms with E-state index in [2.05, 4.69) is 4.99 Å². The Morgan fingerprint density at radius 2 is 1.98 bits per heavy atom. The number of thiazole rings is 1. The molecule has 0 saturated carbocycles. The van der Waals surface area contributed by atoms with E-state index in [-0.39, 0.29) is 23.4 Å². The molecule has 210 valence electrons. The third kappa shape index (κ3) is 5.16. The average molecular weight is 576 g/mol. The van der Waals surface area contributed by atoms with Crippen LogP contribution in [0.1, 0.15) is 31.2 Å². The summed E-state index contributed by atoms with van der Waals surface area (Å²) in [7, 11) is 3.00. The van der Waals surface area contributed by atoms with Crippen LogP contribution >= 0.6 is 11.3 Å². The normalized spacial score (nSPS) is 14.8. The molecule has 0 N–H and O–H groups in total. The third-order valence-electron chi connectivity index (χ3n) is 6.49. The van der Waals surface area contributed by atoms with Crippen molar-refractivity contribution in [3.8, 4) is 22.8 Å². The predicted octanol–water partition coefficient (Wildman–Crippen LogP) is 3.98. The maximum Gasteiger partial charge on any atom is 0.338 e. The quantitative estimate of drug-likeness (QED) is 0.175. The zero-order valence-corrected chi connectivity index (χ0v) is 23.4. The number of ether oxygens (including phenoxy) is 3. The van der Waals surface area contributed by atoms with Crippen molar-refractivity contribution in [1.82, 2.24) is 4.57 Å². The molecule has 12 heteroatoms. The lowest BCUT2D eigenvalue weighted by atomic mass is 9.95. The number of nitrogens with zero attached hydrogens (tertiary/aromatic N) is 3. The van der Waals surface area contributed by atoms with Crippen LogP contribution in [0.3, 0.4) is 0 Å². The molecule has 3 heterocycles. The zero-order valence-electron chi connectivity index (χ0n) is 22.6. The van der Waals surface area contributed by atoms with Gasteiger partial charge in [0.25, 0.3) is 11.2 Å². The molecule has 0 bridgehead atoms. The first-order valence-electron chi connectivity index (χ1n) is 12.5. The minimum atomic E-state index is -0.788. The molecule has 1 atom stereocenters. The second-order valence-corrected chi connectivity index (χ2v) is 9.93. The summed E-state index contributed by atoms with van der Waals surface area (Å²) in [6, 6.07) is 13.9. The minimum Gasteiger partial charge on any atom is -0.497 e. The Kier molecular flexibility index (Phi) is 7.58. The van der Waals surface area contributed by atoms with Crippen LogP contribution in [0.2, 0.25) is 0 Å². The number of rotatable bonds is 8. The van der Waals surface area contributed by atoms with Crippen LogP contribution in [0.15, 0.2) is 80.1 Å². The lowest BCUT2D eigenvalue weighted by Gasteiger charge is -2.24. The summed E-state index contributed by atoms with van der Waals surface area (Å²) in [6.45, 7) is 3.59. The van der Waals surface area contributed by atoms with Crippen molar-refractivity contribution in [1.29, 1.82) is 0 Å². The predicted molar refractivity (Wildman–Crippen MR) is 151 cm³/mol. The topological polar surface area (TPSA) is 135 Å². The SMILES string of the molecule is CCOC(=O)C1=C(C)N=c2sc(=Cc3ccc(-c4cc([N+](=O)[O-])ccc4OC)o3)c(=O)n2C1c1cccc(OC)c1. The van der Waals surface area contributed by atoms with Gasteiger partial charge < -0.3 is 18.6 Å². The van der Waals surface area contributed by atoms with Gasteiger partial charge in [0.15, 0.2) is 4.80 Å². The Balaban J connectivity index is 1.64. The van der Waals surface area contributed by atoms with E-state index in [1.54, 1.807) is 57.4 Å². The van der Waals surface area contributed by atoms with Gasteiger partial charge in [-0.25, -0.2) is 9.79 Å². The van der Waals surface area contributed by atoms with Gasteiger partial charge in [-0.2, -0.15) is 0 Å². The van der Waals surface area contributed by atoms with E-state index in [1.165, 1.54) is 29.9 Å². The Morgan fingerprint density at radius 3 is 2.68 bits per heavy atom. The number of nitro benzene ring substituents is 1. The number of allylic oxidation sites excluding steroid dienone is 1. The number of benzene rings is 2. The van der Waals surface area contributed by atoms with Gasteiger partial charge in [-0.3, -0.25) is 19.5 Å². The molecule has 0 amide bonds. The molecule has 4 aromatic rings.